The molecule has 130 valence electrons. The van der Waals surface area contributed by atoms with Crippen LogP contribution in [0, 0.1) is 0 Å². The predicted molar refractivity (Wildman–Crippen MR) is 87.8 cm³/mol. The van der Waals surface area contributed by atoms with Gasteiger partial charge in [0.2, 0.25) is 5.43 Å². The number of aliphatic carboxylic acids is 1. The number of aromatic nitrogens is 1. The molecule has 0 radical (unpaired) electrons. The van der Waals surface area contributed by atoms with E-state index >= 15 is 0 Å². The fraction of sp³-hybridized carbons (Fsp3) is 0.278. The molecule has 0 bridgehead atoms. The topological polar surface area (TPSA) is 94.8 Å². The standard InChI is InChI=1S/C18H17NO6/c1-24-18(23)15-16(25-10-11-5-3-2-4-6-11)14(20)9-12-7-8-13(17(21)22)19(12)15/h2-6,9,13H,7-8,10H2,1H3,(H,21,22). The zero-order valence-corrected chi connectivity index (χ0v) is 13.6. The molecular formula is C18H17NO6. The van der Waals surface area contributed by atoms with Crippen molar-refractivity contribution in [2.24, 2.45) is 0 Å². The molecule has 25 heavy (non-hydrogen) atoms. The number of fused-ring (bicyclic) bond motifs is 1. The summed E-state index contributed by atoms with van der Waals surface area (Å²) < 4.78 is 11.7. The molecular weight excluding hydrogens is 326 g/mol. The normalized spacial score (nSPS) is 15.5. The lowest BCUT2D eigenvalue weighted by Gasteiger charge is -2.18. The van der Waals surface area contributed by atoms with E-state index in [1.165, 1.54) is 17.7 Å². The summed E-state index contributed by atoms with van der Waals surface area (Å²) in [7, 11) is 1.18. The van der Waals surface area contributed by atoms with Crippen LogP contribution < -0.4 is 10.2 Å². The van der Waals surface area contributed by atoms with Crippen LogP contribution in [0.4, 0.5) is 0 Å². The lowest BCUT2D eigenvalue weighted by Crippen LogP contribution is -2.26. The van der Waals surface area contributed by atoms with Gasteiger partial charge in [0.25, 0.3) is 0 Å². The second-order valence-corrected chi connectivity index (χ2v) is 5.71. The first-order chi connectivity index (χ1) is 12.0. The van der Waals surface area contributed by atoms with E-state index in [2.05, 4.69) is 0 Å². The maximum absolute atomic E-state index is 12.4. The average molecular weight is 343 g/mol. The number of carbonyl (C=O) groups is 2. The highest BCUT2D eigenvalue weighted by molar-refractivity contribution is 5.91. The van der Waals surface area contributed by atoms with Gasteiger partial charge in [-0.05, 0) is 18.4 Å². The van der Waals surface area contributed by atoms with Gasteiger partial charge in [0.1, 0.15) is 12.6 Å². The molecule has 0 amide bonds. The number of carbonyl (C=O) groups excluding carboxylic acids is 1. The van der Waals surface area contributed by atoms with Gasteiger partial charge in [-0.2, -0.15) is 0 Å². The first kappa shape index (κ1) is 16.8. The Labute approximate surface area is 143 Å². The number of rotatable bonds is 5. The third-order valence-electron chi connectivity index (χ3n) is 4.16. The maximum atomic E-state index is 12.4. The third kappa shape index (κ3) is 3.13. The molecule has 1 aliphatic rings. The summed E-state index contributed by atoms with van der Waals surface area (Å²) in [5.41, 5.74) is 0.697. The number of aryl methyl sites for hydroxylation is 1. The molecule has 0 spiro atoms. The summed E-state index contributed by atoms with van der Waals surface area (Å²) in [5.74, 6) is -2.05. The quantitative estimate of drug-likeness (QED) is 0.832. The Bertz CT molecular complexity index is 871. The molecule has 0 saturated heterocycles. The molecule has 3 rings (SSSR count). The van der Waals surface area contributed by atoms with Gasteiger partial charge in [-0.15, -0.1) is 0 Å². The molecule has 0 fully saturated rings. The lowest BCUT2D eigenvalue weighted by atomic mass is 10.2. The van der Waals surface area contributed by atoms with Crippen molar-refractivity contribution in [1.29, 1.82) is 0 Å². The first-order valence-electron chi connectivity index (χ1n) is 7.79. The molecule has 1 atom stereocenters. The molecule has 1 aromatic carbocycles. The largest absolute Gasteiger partial charge is 0.482 e. The van der Waals surface area contributed by atoms with E-state index in [0.717, 1.165) is 5.56 Å². The van der Waals surface area contributed by atoms with Gasteiger partial charge >= 0.3 is 11.9 Å². The number of carboxylic acids is 1. The molecule has 7 heteroatoms. The zero-order chi connectivity index (χ0) is 18.0. The van der Waals surface area contributed by atoms with Crippen LogP contribution in [0.1, 0.15) is 34.2 Å². The van der Waals surface area contributed by atoms with E-state index in [1.54, 1.807) is 0 Å². The SMILES string of the molecule is COC(=O)c1c(OCc2ccccc2)c(=O)cc2n1C(C(=O)O)CC2. The summed E-state index contributed by atoms with van der Waals surface area (Å²) in [6.45, 7) is 0.0805. The minimum absolute atomic E-state index is 0.0805. The molecule has 0 saturated carbocycles. The highest BCUT2D eigenvalue weighted by Gasteiger charge is 2.35. The number of ether oxygens (including phenoxy) is 2. The molecule has 7 nitrogen and oxygen atoms in total. The van der Waals surface area contributed by atoms with Crippen LogP contribution in [0.5, 0.6) is 5.75 Å². The second kappa shape index (κ2) is 6.80. The Morgan fingerprint density at radius 3 is 2.64 bits per heavy atom. The van der Waals surface area contributed by atoms with Gasteiger partial charge in [-0.3, -0.25) is 4.79 Å². The van der Waals surface area contributed by atoms with Crippen molar-refractivity contribution in [2.75, 3.05) is 7.11 Å². The molecule has 1 aromatic heterocycles. The van der Waals surface area contributed by atoms with Gasteiger partial charge in [0, 0.05) is 11.8 Å². The molecule has 2 aromatic rings. The van der Waals surface area contributed by atoms with Gasteiger partial charge < -0.3 is 19.1 Å². The summed E-state index contributed by atoms with van der Waals surface area (Å²) in [4.78, 5) is 36.2. The van der Waals surface area contributed by atoms with Crippen LogP contribution in [0.3, 0.4) is 0 Å². The molecule has 2 heterocycles. The van der Waals surface area contributed by atoms with Crippen molar-refractivity contribution < 1.29 is 24.2 Å². The number of nitrogens with zero attached hydrogens (tertiary/aromatic N) is 1. The van der Waals surface area contributed by atoms with E-state index in [0.29, 0.717) is 18.5 Å². The third-order valence-corrected chi connectivity index (χ3v) is 4.16. The predicted octanol–water partition coefficient (Wildman–Crippen LogP) is 1.79. The number of pyridine rings is 1. The first-order valence-corrected chi connectivity index (χ1v) is 7.79. The Kier molecular flexibility index (Phi) is 4.56. The average Bonchev–Trinajstić information content (AvgIpc) is 3.03. The minimum Gasteiger partial charge on any atom is -0.482 e. The number of hydrogen-bond donors (Lipinski definition) is 1. The van der Waals surface area contributed by atoms with Crippen LogP contribution in [0.15, 0.2) is 41.2 Å². The van der Waals surface area contributed by atoms with Crippen molar-refractivity contribution >= 4 is 11.9 Å². The summed E-state index contributed by atoms with van der Waals surface area (Å²) in [6, 6.07) is 9.56. The van der Waals surface area contributed by atoms with Gasteiger partial charge in [0.05, 0.1) is 7.11 Å². The summed E-state index contributed by atoms with van der Waals surface area (Å²) in [6.07, 6.45) is 0.704. The monoisotopic (exact) mass is 343 g/mol. The maximum Gasteiger partial charge on any atom is 0.358 e. The smallest absolute Gasteiger partial charge is 0.358 e. The van der Waals surface area contributed by atoms with Gasteiger partial charge in [-0.25, -0.2) is 9.59 Å². The highest BCUT2D eigenvalue weighted by atomic mass is 16.5. The van der Waals surface area contributed by atoms with E-state index in [-0.39, 0.29) is 18.1 Å². The number of esters is 1. The van der Waals surface area contributed by atoms with Crippen LogP contribution in [-0.4, -0.2) is 28.7 Å². The second-order valence-electron chi connectivity index (χ2n) is 5.71. The summed E-state index contributed by atoms with van der Waals surface area (Å²) in [5, 5.41) is 9.42. The Hall–Kier alpha value is -3.09. The van der Waals surface area contributed by atoms with Crippen molar-refractivity contribution in [2.45, 2.75) is 25.5 Å². The van der Waals surface area contributed by atoms with Crippen molar-refractivity contribution in [1.82, 2.24) is 4.57 Å². The highest BCUT2D eigenvalue weighted by Crippen LogP contribution is 2.31. The number of methoxy groups -OCH3 is 1. The Balaban J connectivity index is 2.08. The minimum atomic E-state index is -1.07. The fourth-order valence-electron chi connectivity index (χ4n) is 3.01. The summed E-state index contributed by atoms with van der Waals surface area (Å²) >= 11 is 0. The zero-order valence-electron chi connectivity index (χ0n) is 13.6. The van der Waals surface area contributed by atoms with E-state index in [4.69, 9.17) is 9.47 Å². The van der Waals surface area contributed by atoms with Crippen molar-refractivity contribution in [3.05, 3.63) is 63.6 Å². The van der Waals surface area contributed by atoms with Crippen LogP contribution in [0.25, 0.3) is 0 Å². The fourth-order valence-corrected chi connectivity index (χ4v) is 3.01. The van der Waals surface area contributed by atoms with Gasteiger partial charge in [0.15, 0.2) is 11.4 Å². The van der Waals surface area contributed by atoms with E-state index in [9.17, 15) is 19.5 Å². The van der Waals surface area contributed by atoms with Crippen molar-refractivity contribution in [3.8, 4) is 5.75 Å². The lowest BCUT2D eigenvalue weighted by molar-refractivity contribution is -0.140. The van der Waals surface area contributed by atoms with Crippen LogP contribution in [-0.2, 0) is 22.6 Å². The van der Waals surface area contributed by atoms with Crippen LogP contribution >= 0.6 is 0 Å². The molecule has 0 aliphatic carbocycles. The van der Waals surface area contributed by atoms with E-state index < -0.39 is 23.4 Å². The molecule has 1 unspecified atom stereocenters. The number of hydrogen-bond acceptors (Lipinski definition) is 5. The Morgan fingerprint density at radius 2 is 2.00 bits per heavy atom. The number of carboxylic acid groups (broad SMARTS) is 1. The molecule has 1 aliphatic heterocycles. The number of benzene rings is 1. The van der Waals surface area contributed by atoms with Gasteiger partial charge in [-0.1, -0.05) is 30.3 Å². The van der Waals surface area contributed by atoms with Crippen LogP contribution in [0.2, 0.25) is 0 Å². The Morgan fingerprint density at radius 1 is 1.28 bits per heavy atom. The van der Waals surface area contributed by atoms with Crippen molar-refractivity contribution in [3.63, 3.8) is 0 Å². The van der Waals surface area contributed by atoms with E-state index in [1.807, 2.05) is 30.3 Å². The molecule has 1 N–H and O–H groups in total.